The predicted molar refractivity (Wildman–Crippen MR) is 451 cm³/mol. The van der Waals surface area contributed by atoms with E-state index in [1.165, 1.54) is 295 Å². The number of unbranched alkanes of at least 4 members (excludes halogenated alkanes) is 59. The van der Waals surface area contributed by atoms with Crippen LogP contribution in [0.4, 0.5) is 0 Å². The van der Waals surface area contributed by atoms with E-state index in [-0.39, 0.29) is 25.7 Å². The van der Waals surface area contributed by atoms with Gasteiger partial charge in [0.25, 0.3) is 0 Å². The molecule has 0 saturated carbocycles. The lowest BCUT2D eigenvalue weighted by Crippen LogP contribution is -2.30. The van der Waals surface area contributed by atoms with Crippen molar-refractivity contribution in [1.29, 1.82) is 0 Å². The van der Waals surface area contributed by atoms with E-state index in [1.54, 1.807) is 0 Å². The third kappa shape index (κ3) is 83.8. The lowest BCUT2D eigenvalue weighted by molar-refractivity contribution is -0.161. The minimum Gasteiger partial charge on any atom is -0.462 e. The van der Waals surface area contributed by atoms with E-state index in [0.717, 1.165) is 102 Å². The number of rotatable bonds is 89. The molecule has 17 nitrogen and oxygen atoms in total. The summed E-state index contributed by atoms with van der Waals surface area (Å²) in [6, 6.07) is 0. The highest BCUT2D eigenvalue weighted by molar-refractivity contribution is 7.47. The van der Waals surface area contributed by atoms with Crippen molar-refractivity contribution in [3.63, 3.8) is 0 Å². The van der Waals surface area contributed by atoms with Gasteiger partial charge < -0.3 is 33.8 Å². The first-order chi connectivity index (χ1) is 52.9. The molecule has 0 fully saturated rings. The highest BCUT2D eigenvalue weighted by Crippen LogP contribution is 2.45. The van der Waals surface area contributed by atoms with E-state index >= 15 is 0 Å². The molecule has 0 aliphatic carbocycles. The molecule has 0 saturated heterocycles. The van der Waals surface area contributed by atoms with Gasteiger partial charge in [-0.3, -0.25) is 37.3 Å². The molecule has 0 aromatic carbocycles. The zero-order chi connectivity index (χ0) is 79.9. The van der Waals surface area contributed by atoms with Crippen molar-refractivity contribution >= 4 is 39.5 Å². The first-order valence-electron chi connectivity index (χ1n) is 46.5. The average Bonchev–Trinajstić information content (AvgIpc) is 0.900. The first-order valence-corrected chi connectivity index (χ1v) is 49.5. The smallest absolute Gasteiger partial charge is 0.462 e. The fourth-order valence-electron chi connectivity index (χ4n) is 14.1. The van der Waals surface area contributed by atoms with E-state index in [2.05, 4.69) is 41.5 Å². The fourth-order valence-corrected chi connectivity index (χ4v) is 15.7. The van der Waals surface area contributed by atoms with Crippen molar-refractivity contribution in [2.75, 3.05) is 39.6 Å². The highest BCUT2D eigenvalue weighted by Gasteiger charge is 2.31. The zero-order valence-electron chi connectivity index (χ0n) is 71.9. The molecule has 0 aliphatic heterocycles. The van der Waals surface area contributed by atoms with Crippen molar-refractivity contribution in [3.05, 3.63) is 0 Å². The molecular weight excluding hydrogens is 1410 g/mol. The van der Waals surface area contributed by atoms with E-state index in [0.29, 0.717) is 31.6 Å². The molecule has 0 rings (SSSR count). The molecule has 2 unspecified atom stereocenters. The number of carbonyl (C=O) groups is 4. The number of aliphatic hydroxyl groups is 1. The maximum absolute atomic E-state index is 13.2. The standard InChI is InChI=1S/C90H176O17P2/c1-7-9-11-13-15-17-19-21-23-25-26-27-28-29-35-39-43-47-51-55-63-68-74-89(94)106-85(78-100-87(92)72-66-60-53-49-45-41-37-34-31-30-33-36-40-44-48-52-58-64-70-82(3)4)80-104-108(96,97)102-76-84(91)77-103-109(98,99)105-81-86(79-101-88(93)73-67-61-57-56-59-65-71-83(5)6)107-90(95)75-69-62-54-50-46-42-38-32-24-22-20-18-16-14-12-10-8-2/h82-86,91H,7-81H2,1-6H3,(H,96,97)(H,98,99)/t84-,85-,86-/m1/s1. The van der Waals surface area contributed by atoms with Crippen molar-refractivity contribution in [2.45, 2.75) is 503 Å². The van der Waals surface area contributed by atoms with Crippen molar-refractivity contribution in [1.82, 2.24) is 0 Å². The SMILES string of the molecule is CCCCCCCCCCCCCCCCCCCCCCCCC(=O)O[C@H](COC(=O)CCCCCCCCCCCCCCCCCCCCC(C)C)COP(=O)(O)OC[C@@H](O)COP(=O)(O)OC[C@@H](COC(=O)CCCCCCCCC(C)C)OC(=O)CCCCCCCCCCCCCCCCCCC. The molecule has 19 heteroatoms. The second kappa shape index (κ2) is 81.2. The quantitative estimate of drug-likeness (QED) is 0.0222. The van der Waals surface area contributed by atoms with E-state index < -0.39 is 97.5 Å². The molecule has 0 aromatic heterocycles. The third-order valence-electron chi connectivity index (χ3n) is 21.2. The Hall–Kier alpha value is -1.94. The van der Waals surface area contributed by atoms with Crippen LogP contribution < -0.4 is 0 Å². The van der Waals surface area contributed by atoms with Crippen LogP contribution >= 0.6 is 15.6 Å². The van der Waals surface area contributed by atoms with Crippen LogP contribution in [0, 0.1) is 11.8 Å². The zero-order valence-corrected chi connectivity index (χ0v) is 73.7. The van der Waals surface area contributed by atoms with E-state index in [1.807, 2.05) is 0 Å². The van der Waals surface area contributed by atoms with Gasteiger partial charge in [-0.05, 0) is 37.5 Å². The van der Waals surface area contributed by atoms with E-state index in [4.69, 9.17) is 37.0 Å². The molecule has 0 radical (unpaired) electrons. The molecule has 648 valence electrons. The first kappa shape index (κ1) is 107. The van der Waals surface area contributed by atoms with Crippen molar-refractivity contribution < 1.29 is 80.2 Å². The van der Waals surface area contributed by atoms with Crippen LogP contribution in [0.3, 0.4) is 0 Å². The molecule has 5 atom stereocenters. The maximum atomic E-state index is 13.2. The van der Waals surface area contributed by atoms with Gasteiger partial charge in [-0.15, -0.1) is 0 Å². The van der Waals surface area contributed by atoms with Crippen molar-refractivity contribution in [3.8, 4) is 0 Å². The predicted octanol–water partition coefficient (Wildman–Crippen LogP) is 27.8. The lowest BCUT2D eigenvalue weighted by Gasteiger charge is -2.21. The van der Waals surface area contributed by atoms with Gasteiger partial charge in [0, 0.05) is 25.7 Å². The molecular formula is C90H176O17P2. The monoisotopic (exact) mass is 1590 g/mol. The molecule has 0 bridgehead atoms. The van der Waals surface area contributed by atoms with Gasteiger partial charge in [0.2, 0.25) is 0 Å². The van der Waals surface area contributed by atoms with Crippen LogP contribution in [0.2, 0.25) is 0 Å². The Kier molecular flexibility index (Phi) is 79.8. The second-order valence-corrected chi connectivity index (χ2v) is 36.2. The van der Waals surface area contributed by atoms with Crippen LogP contribution in [-0.2, 0) is 65.4 Å². The van der Waals surface area contributed by atoms with Gasteiger partial charge >= 0.3 is 39.5 Å². The van der Waals surface area contributed by atoms with Crippen molar-refractivity contribution in [2.24, 2.45) is 11.8 Å². The number of hydrogen-bond donors (Lipinski definition) is 3. The Morgan fingerprint density at radius 2 is 0.422 bits per heavy atom. The largest absolute Gasteiger partial charge is 0.472 e. The van der Waals surface area contributed by atoms with Crippen LogP contribution in [0.15, 0.2) is 0 Å². The number of carbonyl (C=O) groups excluding carboxylic acids is 4. The molecule has 0 amide bonds. The molecule has 0 spiro atoms. The molecule has 0 heterocycles. The van der Waals surface area contributed by atoms with Gasteiger partial charge in [-0.25, -0.2) is 9.13 Å². The Bertz CT molecular complexity index is 2080. The topological polar surface area (TPSA) is 237 Å². The Labute approximate surface area is 670 Å². The Balaban J connectivity index is 5.19. The summed E-state index contributed by atoms with van der Waals surface area (Å²) in [5, 5.41) is 10.7. The summed E-state index contributed by atoms with van der Waals surface area (Å²) in [6.07, 6.45) is 75.4. The third-order valence-corrected chi connectivity index (χ3v) is 23.1. The molecule has 0 aliphatic rings. The van der Waals surface area contributed by atoms with Gasteiger partial charge in [0.15, 0.2) is 12.2 Å². The summed E-state index contributed by atoms with van der Waals surface area (Å²) in [7, 11) is -9.93. The molecule has 109 heavy (non-hydrogen) atoms. The van der Waals surface area contributed by atoms with Crippen LogP contribution in [0.5, 0.6) is 0 Å². The summed E-state index contributed by atoms with van der Waals surface area (Å²) in [5.41, 5.74) is 0. The Morgan fingerprint density at radius 1 is 0.248 bits per heavy atom. The Morgan fingerprint density at radius 3 is 0.624 bits per heavy atom. The van der Waals surface area contributed by atoms with E-state index in [9.17, 15) is 43.2 Å². The molecule has 3 N–H and O–H groups in total. The van der Waals surface area contributed by atoms with Gasteiger partial charge in [0.1, 0.15) is 19.3 Å². The number of hydrogen-bond acceptors (Lipinski definition) is 15. The van der Waals surface area contributed by atoms with Gasteiger partial charge in [0.05, 0.1) is 26.4 Å². The normalized spacial score (nSPS) is 13.8. The maximum Gasteiger partial charge on any atom is 0.472 e. The summed E-state index contributed by atoms with van der Waals surface area (Å²) in [5.74, 6) is -0.598. The van der Waals surface area contributed by atoms with Gasteiger partial charge in [-0.1, -0.05) is 433 Å². The number of phosphoric acid groups is 2. The lowest BCUT2D eigenvalue weighted by atomic mass is 10.0. The summed E-state index contributed by atoms with van der Waals surface area (Å²) in [6.45, 7) is 9.65. The summed E-state index contributed by atoms with van der Waals surface area (Å²) < 4.78 is 69.0. The minimum absolute atomic E-state index is 0.108. The number of phosphoric ester groups is 2. The summed E-state index contributed by atoms with van der Waals surface area (Å²) in [4.78, 5) is 73.3. The average molecular weight is 1590 g/mol. The number of aliphatic hydroxyl groups excluding tert-OH is 1. The molecule has 0 aromatic rings. The van der Waals surface area contributed by atoms with Crippen LogP contribution in [0.1, 0.15) is 485 Å². The number of ether oxygens (including phenoxy) is 4. The summed E-state index contributed by atoms with van der Waals surface area (Å²) >= 11 is 0. The van der Waals surface area contributed by atoms with Gasteiger partial charge in [-0.2, -0.15) is 0 Å². The number of esters is 4. The van der Waals surface area contributed by atoms with Crippen LogP contribution in [-0.4, -0.2) is 96.7 Å². The van der Waals surface area contributed by atoms with Crippen LogP contribution in [0.25, 0.3) is 0 Å². The highest BCUT2D eigenvalue weighted by atomic mass is 31.2. The second-order valence-electron chi connectivity index (χ2n) is 33.3. The fraction of sp³-hybridized carbons (Fsp3) is 0.956. The minimum atomic E-state index is -4.97.